The number of urea groups is 1. The van der Waals surface area contributed by atoms with Crippen LogP contribution < -0.4 is 21.9 Å². The van der Waals surface area contributed by atoms with Crippen molar-refractivity contribution >= 4 is 6.03 Å². The molecule has 0 bridgehead atoms. The summed E-state index contributed by atoms with van der Waals surface area (Å²) in [5.74, 6) is 5.72. The van der Waals surface area contributed by atoms with Crippen molar-refractivity contribution in [3.05, 3.63) is 32.6 Å². The summed E-state index contributed by atoms with van der Waals surface area (Å²) >= 11 is 0. The molecule has 7 nitrogen and oxygen atoms in total. The van der Waals surface area contributed by atoms with Gasteiger partial charge in [-0.2, -0.15) is 0 Å². The minimum Gasteiger partial charge on any atom is -0.338 e. The maximum absolute atomic E-state index is 11.6. The Morgan fingerprint density at radius 1 is 1.27 bits per heavy atom. The number of hydrogen-bond acceptors (Lipinski definition) is 3. The lowest BCUT2D eigenvalue weighted by Gasteiger charge is -2.08. The molecule has 0 saturated heterocycles. The van der Waals surface area contributed by atoms with Crippen molar-refractivity contribution in [2.24, 2.45) is 5.92 Å². The van der Waals surface area contributed by atoms with Crippen molar-refractivity contribution in [3.63, 3.8) is 0 Å². The van der Waals surface area contributed by atoms with Crippen LogP contribution in [0.1, 0.15) is 39.3 Å². The van der Waals surface area contributed by atoms with E-state index in [4.69, 9.17) is 0 Å². The number of hydrogen-bond donors (Lipinski definition) is 3. The van der Waals surface area contributed by atoms with Crippen LogP contribution in [0.2, 0.25) is 0 Å². The molecule has 0 aliphatic carbocycles. The van der Waals surface area contributed by atoms with Gasteiger partial charge in [0.1, 0.15) is 5.56 Å². The molecule has 1 aromatic heterocycles. The van der Waals surface area contributed by atoms with Gasteiger partial charge in [0.15, 0.2) is 0 Å². The van der Waals surface area contributed by atoms with Crippen molar-refractivity contribution in [2.45, 2.75) is 33.7 Å². The van der Waals surface area contributed by atoms with Crippen LogP contribution in [0.25, 0.3) is 0 Å². The molecule has 1 heterocycles. The largest absolute Gasteiger partial charge is 0.338 e. The van der Waals surface area contributed by atoms with Gasteiger partial charge in [0.2, 0.25) is 0 Å². The van der Waals surface area contributed by atoms with Crippen LogP contribution >= 0.6 is 0 Å². The molecule has 7 heteroatoms. The van der Waals surface area contributed by atoms with Gasteiger partial charge in [-0.05, 0) is 19.8 Å². The molecule has 0 aromatic carbocycles. The van der Waals surface area contributed by atoms with Crippen molar-refractivity contribution < 1.29 is 4.79 Å². The first-order valence-corrected chi connectivity index (χ1v) is 7.17. The molecule has 0 aliphatic rings. The zero-order valence-electron chi connectivity index (χ0n) is 13.3. The zero-order valence-corrected chi connectivity index (χ0v) is 13.3. The number of H-pyrrole nitrogens is 1. The maximum Gasteiger partial charge on any atom is 0.328 e. The molecule has 2 amide bonds. The van der Waals surface area contributed by atoms with Crippen LogP contribution in [0.15, 0.2) is 15.8 Å². The number of carbonyl (C=O) groups excluding carboxylic acids is 1. The molecule has 120 valence electrons. The third-order valence-corrected chi connectivity index (χ3v) is 2.76. The lowest BCUT2D eigenvalue weighted by Crippen LogP contribution is -2.37. The van der Waals surface area contributed by atoms with Crippen LogP contribution in [-0.4, -0.2) is 28.7 Å². The number of aromatic nitrogens is 2. The second-order valence-corrected chi connectivity index (χ2v) is 5.56. The number of nitrogens with one attached hydrogen (secondary N) is 3. The van der Waals surface area contributed by atoms with Crippen molar-refractivity contribution in [2.75, 3.05) is 13.1 Å². The number of nitrogens with zero attached hydrogens (tertiary/aromatic N) is 1. The van der Waals surface area contributed by atoms with E-state index in [0.29, 0.717) is 12.5 Å². The van der Waals surface area contributed by atoms with Crippen molar-refractivity contribution in [1.29, 1.82) is 0 Å². The molecule has 0 saturated carbocycles. The first-order valence-electron chi connectivity index (χ1n) is 7.17. The summed E-state index contributed by atoms with van der Waals surface area (Å²) in [4.78, 5) is 36.9. The van der Waals surface area contributed by atoms with Gasteiger partial charge in [0.25, 0.3) is 5.56 Å². The Bertz CT molecular complexity index is 689. The second kappa shape index (κ2) is 8.08. The van der Waals surface area contributed by atoms with E-state index >= 15 is 0 Å². The van der Waals surface area contributed by atoms with E-state index in [2.05, 4.69) is 27.5 Å². The van der Waals surface area contributed by atoms with Gasteiger partial charge in [-0.15, -0.1) is 0 Å². The lowest BCUT2D eigenvalue weighted by atomic mass is 10.2. The van der Waals surface area contributed by atoms with Crippen LogP contribution in [-0.2, 0) is 0 Å². The first-order chi connectivity index (χ1) is 10.3. The van der Waals surface area contributed by atoms with Gasteiger partial charge in [-0.3, -0.25) is 14.3 Å². The highest BCUT2D eigenvalue weighted by molar-refractivity contribution is 5.74. The van der Waals surface area contributed by atoms with E-state index < -0.39 is 11.2 Å². The molecule has 0 radical (unpaired) electrons. The first kappa shape index (κ1) is 17.6. The van der Waals surface area contributed by atoms with E-state index in [0.717, 1.165) is 0 Å². The Balaban J connectivity index is 2.69. The second-order valence-electron chi connectivity index (χ2n) is 5.56. The third-order valence-electron chi connectivity index (χ3n) is 2.76. The fourth-order valence-electron chi connectivity index (χ4n) is 1.58. The summed E-state index contributed by atoms with van der Waals surface area (Å²) in [5, 5.41) is 5.26. The highest BCUT2D eigenvalue weighted by Gasteiger charge is 2.05. The molecule has 0 aliphatic heterocycles. The molecule has 0 spiro atoms. The topological polar surface area (TPSA) is 96.0 Å². The van der Waals surface area contributed by atoms with Crippen molar-refractivity contribution in [1.82, 2.24) is 20.2 Å². The molecule has 0 unspecified atom stereocenters. The predicted molar refractivity (Wildman–Crippen MR) is 84.8 cm³/mol. The smallest absolute Gasteiger partial charge is 0.328 e. The summed E-state index contributed by atoms with van der Waals surface area (Å²) in [6.07, 6.45) is 1.43. The van der Waals surface area contributed by atoms with E-state index in [-0.39, 0.29) is 24.2 Å². The monoisotopic (exact) mass is 306 g/mol. The molecule has 22 heavy (non-hydrogen) atoms. The fourth-order valence-corrected chi connectivity index (χ4v) is 1.58. The van der Waals surface area contributed by atoms with Gasteiger partial charge >= 0.3 is 11.7 Å². The standard InChI is InChI=1S/C15H22N4O3/c1-10(2)8-17-14(21)16-7-5-6-12-9-19(11(3)4)15(22)18-13(12)20/h9-11H,7-8H2,1-4H3,(H2,16,17,21)(H,18,20,22). The highest BCUT2D eigenvalue weighted by atomic mass is 16.2. The average molecular weight is 306 g/mol. The van der Waals surface area contributed by atoms with E-state index in [1.165, 1.54) is 10.8 Å². The van der Waals surface area contributed by atoms with Crippen LogP contribution in [0.5, 0.6) is 0 Å². The molecule has 3 N–H and O–H groups in total. The van der Waals surface area contributed by atoms with E-state index in [1.54, 1.807) is 0 Å². The zero-order chi connectivity index (χ0) is 16.7. The highest BCUT2D eigenvalue weighted by Crippen LogP contribution is 1.98. The van der Waals surface area contributed by atoms with Crippen LogP contribution in [0, 0.1) is 17.8 Å². The van der Waals surface area contributed by atoms with Crippen LogP contribution in [0.3, 0.4) is 0 Å². The Morgan fingerprint density at radius 3 is 2.55 bits per heavy atom. The Hall–Kier alpha value is -2.49. The summed E-state index contributed by atoms with van der Waals surface area (Å²) in [5.41, 5.74) is -0.798. The summed E-state index contributed by atoms with van der Waals surface area (Å²) in [7, 11) is 0. The normalized spacial score (nSPS) is 10.3. The van der Waals surface area contributed by atoms with Gasteiger partial charge in [0.05, 0.1) is 6.54 Å². The molecular weight excluding hydrogens is 284 g/mol. The van der Waals surface area contributed by atoms with E-state index in [1.807, 2.05) is 27.7 Å². The summed E-state index contributed by atoms with van der Waals surface area (Å²) < 4.78 is 1.40. The maximum atomic E-state index is 11.6. The number of aromatic amines is 1. The SMILES string of the molecule is CC(C)CNC(=O)NCC#Cc1cn(C(C)C)c(=O)[nH]c1=O. The van der Waals surface area contributed by atoms with Gasteiger partial charge in [0, 0.05) is 18.8 Å². The molecule has 1 rings (SSSR count). The predicted octanol–water partition coefficient (Wildman–Crippen LogP) is 0.424. The minimum absolute atomic E-state index is 0.0789. The molecule has 0 fully saturated rings. The Labute approximate surface area is 129 Å². The quantitative estimate of drug-likeness (QED) is 0.704. The fraction of sp³-hybridized carbons (Fsp3) is 0.533. The molecule has 0 atom stereocenters. The minimum atomic E-state index is -0.529. The Morgan fingerprint density at radius 2 is 1.95 bits per heavy atom. The van der Waals surface area contributed by atoms with Crippen LogP contribution in [0.4, 0.5) is 4.79 Å². The molecule has 1 aromatic rings. The third kappa shape index (κ3) is 5.48. The van der Waals surface area contributed by atoms with Crippen molar-refractivity contribution in [3.8, 4) is 11.8 Å². The average Bonchev–Trinajstić information content (AvgIpc) is 2.42. The molecular formula is C15H22N4O3. The summed E-state index contributed by atoms with van der Waals surface area (Å²) in [6.45, 7) is 8.35. The van der Waals surface area contributed by atoms with Gasteiger partial charge in [-0.25, -0.2) is 9.59 Å². The van der Waals surface area contributed by atoms with Gasteiger partial charge < -0.3 is 10.6 Å². The van der Waals surface area contributed by atoms with E-state index in [9.17, 15) is 14.4 Å². The Kier molecular flexibility index (Phi) is 6.45. The number of amides is 2. The number of rotatable bonds is 4. The van der Waals surface area contributed by atoms with Gasteiger partial charge in [-0.1, -0.05) is 25.7 Å². The summed E-state index contributed by atoms with van der Waals surface area (Å²) in [6, 6.07) is -0.381. The lowest BCUT2D eigenvalue weighted by molar-refractivity contribution is 0.241. The number of carbonyl (C=O) groups is 1.